The first-order valence-electron chi connectivity index (χ1n) is 8.76. The van der Waals surface area contributed by atoms with E-state index in [0.717, 1.165) is 7.11 Å². The molecule has 0 aromatic rings. The van der Waals surface area contributed by atoms with Crippen LogP contribution in [0.4, 0.5) is 0 Å². The summed E-state index contributed by atoms with van der Waals surface area (Å²) in [7, 11) is 1.16. The summed E-state index contributed by atoms with van der Waals surface area (Å²) in [5.74, 6) is -1.89. The molecule has 12 heteroatoms. The quantitative estimate of drug-likeness (QED) is 0.256. The number of rotatable bonds is 6. The Balaban J connectivity index is 2.26. The molecule has 0 aliphatic carbocycles. The first-order valence-corrected chi connectivity index (χ1v) is 8.76. The van der Waals surface area contributed by atoms with Crippen LogP contribution in [0.2, 0.25) is 0 Å². The highest BCUT2D eigenvalue weighted by Gasteiger charge is 2.52. The third kappa shape index (κ3) is 4.60. The van der Waals surface area contributed by atoms with Crippen molar-refractivity contribution >= 4 is 11.9 Å². The summed E-state index contributed by atoms with van der Waals surface area (Å²) in [6.45, 7) is 2.28. The number of carbonyl (C=O) groups excluding carboxylic acids is 1. The lowest BCUT2D eigenvalue weighted by Gasteiger charge is -2.47. The molecule has 2 rings (SSSR count). The van der Waals surface area contributed by atoms with Crippen LogP contribution in [0.1, 0.15) is 13.8 Å². The Kier molecular flexibility index (Phi) is 7.70. The van der Waals surface area contributed by atoms with E-state index in [1.54, 1.807) is 6.92 Å². The van der Waals surface area contributed by atoms with Gasteiger partial charge in [-0.15, -0.1) is 0 Å². The lowest BCUT2D eigenvalue weighted by atomic mass is 9.92. The number of carboxylic acid groups (broad SMARTS) is 1. The average Bonchev–Trinajstić information content (AvgIpc) is 2.63. The number of carbonyl (C=O) groups is 2. The normalized spacial score (nSPS) is 44.1. The van der Waals surface area contributed by atoms with Crippen molar-refractivity contribution in [2.75, 3.05) is 13.7 Å². The number of methoxy groups -OCH3 is 1. The standard InChI is InChI=1S/C16H27NO11/c1-5-8(17-6(2)19)12(9(20)7(4-18)26-5)27-16-11(22)10(21)13(25-3)14(28-16)15(23)24/h5,7-14,16,18,20-22H,4H2,1-3H3,(H,17,19)(H,23,24)/t5-,7?,8?,9+,10+,11?,12+,13-,14?,16+/m0/s1. The fourth-order valence-electron chi connectivity index (χ4n) is 3.45. The number of amides is 1. The van der Waals surface area contributed by atoms with Gasteiger partial charge in [-0.05, 0) is 6.92 Å². The van der Waals surface area contributed by atoms with Crippen molar-refractivity contribution in [1.29, 1.82) is 0 Å². The molecule has 0 aromatic heterocycles. The van der Waals surface area contributed by atoms with Crippen LogP contribution >= 0.6 is 0 Å². The minimum Gasteiger partial charge on any atom is -0.479 e. The van der Waals surface area contributed by atoms with Crippen LogP contribution in [0.3, 0.4) is 0 Å². The molecule has 0 aromatic carbocycles. The Morgan fingerprint density at radius 1 is 1.07 bits per heavy atom. The highest BCUT2D eigenvalue weighted by Crippen LogP contribution is 2.30. The van der Waals surface area contributed by atoms with E-state index in [1.165, 1.54) is 6.92 Å². The van der Waals surface area contributed by atoms with E-state index in [9.17, 15) is 35.1 Å². The molecule has 0 saturated carbocycles. The third-order valence-corrected chi connectivity index (χ3v) is 4.87. The molecule has 2 aliphatic heterocycles. The Hall–Kier alpha value is -1.38. The van der Waals surface area contributed by atoms with Gasteiger partial charge in [-0.3, -0.25) is 4.79 Å². The summed E-state index contributed by atoms with van der Waals surface area (Å²) < 4.78 is 21.2. The molecule has 28 heavy (non-hydrogen) atoms. The molecule has 4 unspecified atom stereocenters. The molecule has 162 valence electrons. The number of aliphatic carboxylic acids is 1. The lowest BCUT2D eigenvalue weighted by Crippen LogP contribution is -2.67. The number of carboxylic acids is 1. The van der Waals surface area contributed by atoms with Crippen LogP contribution < -0.4 is 5.32 Å². The zero-order valence-corrected chi connectivity index (χ0v) is 15.7. The van der Waals surface area contributed by atoms with Crippen molar-refractivity contribution in [3.63, 3.8) is 0 Å². The monoisotopic (exact) mass is 409 g/mol. The third-order valence-electron chi connectivity index (χ3n) is 4.87. The predicted molar refractivity (Wildman–Crippen MR) is 89.0 cm³/mol. The number of nitrogens with one attached hydrogen (secondary N) is 1. The molecule has 12 nitrogen and oxygen atoms in total. The van der Waals surface area contributed by atoms with E-state index in [1.807, 2.05) is 0 Å². The average molecular weight is 409 g/mol. The van der Waals surface area contributed by atoms with Gasteiger partial charge >= 0.3 is 5.97 Å². The van der Waals surface area contributed by atoms with Crippen molar-refractivity contribution in [3.05, 3.63) is 0 Å². The summed E-state index contributed by atoms with van der Waals surface area (Å²) in [6.07, 6.45) is -12.4. The Bertz CT molecular complexity index is 561. The van der Waals surface area contributed by atoms with Crippen molar-refractivity contribution in [2.24, 2.45) is 0 Å². The maximum atomic E-state index is 11.5. The smallest absolute Gasteiger partial charge is 0.335 e. The van der Waals surface area contributed by atoms with E-state index in [0.29, 0.717) is 0 Å². The number of aliphatic hydroxyl groups excluding tert-OH is 4. The van der Waals surface area contributed by atoms with Gasteiger partial charge in [0, 0.05) is 14.0 Å². The van der Waals surface area contributed by atoms with Gasteiger partial charge in [-0.25, -0.2) is 4.79 Å². The summed E-state index contributed by atoms with van der Waals surface area (Å²) in [5.41, 5.74) is 0. The minimum atomic E-state index is -1.70. The SMILES string of the molecule is CO[C@@H]1C(C(=O)O)O[C@@H](O[C@@H]2C(NC(C)=O)[C@H](C)OC(CO)[C@H]2O)C(O)[C@H]1O. The van der Waals surface area contributed by atoms with Gasteiger partial charge in [0.1, 0.15) is 36.6 Å². The van der Waals surface area contributed by atoms with E-state index in [2.05, 4.69) is 5.32 Å². The number of ether oxygens (including phenoxy) is 4. The van der Waals surface area contributed by atoms with Crippen molar-refractivity contribution in [1.82, 2.24) is 5.32 Å². The van der Waals surface area contributed by atoms with Gasteiger partial charge in [0.25, 0.3) is 0 Å². The van der Waals surface area contributed by atoms with Crippen LogP contribution in [0.25, 0.3) is 0 Å². The summed E-state index contributed by atoms with van der Waals surface area (Å²) in [4.78, 5) is 23.0. The van der Waals surface area contributed by atoms with Crippen molar-refractivity contribution in [2.45, 2.75) is 75.0 Å². The first kappa shape index (κ1) is 22.9. The molecule has 0 spiro atoms. The lowest BCUT2D eigenvalue weighted by molar-refractivity contribution is -0.327. The maximum Gasteiger partial charge on any atom is 0.335 e. The van der Waals surface area contributed by atoms with E-state index in [-0.39, 0.29) is 0 Å². The molecule has 2 saturated heterocycles. The Labute approximate surface area is 160 Å². The zero-order valence-electron chi connectivity index (χ0n) is 15.7. The van der Waals surface area contributed by atoms with Crippen molar-refractivity contribution < 1.29 is 54.1 Å². The Morgan fingerprint density at radius 2 is 1.71 bits per heavy atom. The van der Waals surface area contributed by atoms with Crippen LogP contribution in [-0.4, -0.2) is 112 Å². The molecular weight excluding hydrogens is 382 g/mol. The number of hydrogen-bond donors (Lipinski definition) is 6. The fourth-order valence-corrected chi connectivity index (χ4v) is 3.45. The molecule has 0 bridgehead atoms. The highest BCUT2D eigenvalue weighted by atomic mass is 16.7. The topological polar surface area (TPSA) is 184 Å². The highest BCUT2D eigenvalue weighted by molar-refractivity contribution is 5.73. The van der Waals surface area contributed by atoms with Crippen LogP contribution in [-0.2, 0) is 28.5 Å². The summed E-state index contributed by atoms with van der Waals surface area (Å²) in [5, 5.41) is 52.2. The molecule has 10 atom stereocenters. The van der Waals surface area contributed by atoms with Gasteiger partial charge in [-0.2, -0.15) is 0 Å². The van der Waals surface area contributed by atoms with Gasteiger partial charge in [0.15, 0.2) is 12.4 Å². The van der Waals surface area contributed by atoms with E-state index < -0.39 is 79.6 Å². The maximum absolute atomic E-state index is 11.5. The second kappa shape index (κ2) is 9.41. The number of aliphatic hydroxyl groups is 4. The second-order valence-corrected chi connectivity index (χ2v) is 6.82. The Morgan fingerprint density at radius 3 is 2.21 bits per heavy atom. The van der Waals surface area contributed by atoms with Gasteiger partial charge in [0.2, 0.25) is 5.91 Å². The molecule has 6 N–H and O–H groups in total. The van der Waals surface area contributed by atoms with Crippen LogP contribution in [0.15, 0.2) is 0 Å². The van der Waals surface area contributed by atoms with Crippen LogP contribution in [0, 0.1) is 0 Å². The summed E-state index contributed by atoms with van der Waals surface area (Å²) in [6, 6.07) is -0.897. The molecule has 2 fully saturated rings. The number of hydrogen-bond acceptors (Lipinski definition) is 10. The zero-order chi connectivity index (χ0) is 21.2. The van der Waals surface area contributed by atoms with Gasteiger partial charge in [-0.1, -0.05) is 0 Å². The fraction of sp³-hybridized carbons (Fsp3) is 0.875. The van der Waals surface area contributed by atoms with Gasteiger partial charge < -0.3 is 49.8 Å². The predicted octanol–water partition coefficient (Wildman–Crippen LogP) is -3.44. The summed E-state index contributed by atoms with van der Waals surface area (Å²) >= 11 is 0. The molecule has 2 aliphatic rings. The molecular formula is C16H27NO11. The van der Waals surface area contributed by atoms with E-state index in [4.69, 9.17) is 18.9 Å². The molecule has 2 heterocycles. The molecule has 1 amide bonds. The van der Waals surface area contributed by atoms with Gasteiger partial charge in [0.05, 0.1) is 18.8 Å². The minimum absolute atomic E-state index is 0.447. The second-order valence-electron chi connectivity index (χ2n) is 6.82. The van der Waals surface area contributed by atoms with Crippen molar-refractivity contribution in [3.8, 4) is 0 Å². The first-order chi connectivity index (χ1) is 13.1. The van der Waals surface area contributed by atoms with Crippen LogP contribution in [0.5, 0.6) is 0 Å². The molecule has 0 radical (unpaired) electrons. The van der Waals surface area contributed by atoms with E-state index >= 15 is 0 Å². The largest absolute Gasteiger partial charge is 0.479 e.